The first-order chi connectivity index (χ1) is 11.6. The molecule has 0 spiro atoms. The number of hydrogen-bond acceptors (Lipinski definition) is 3. The van der Waals surface area contributed by atoms with Crippen LogP contribution in [0.1, 0.15) is 44.1 Å². The Morgan fingerprint density at radius 3 is 2.54 bits per heavy atom. The molecule has 4 rings (SSSR count). The minimum absolute atomic E-state index is 0.163. The van der Waals surface area contributed by atoms with Crippen LogP contribution in [0.5, 0.6) is 5.75 Å². The normalized spacial score (nSPS) is 33.0. The molecule has 1 aromatic carbocycles. The van der Waals surface area contributed by atoms with E-state index in [0.29, 0.717) is 18.4 Å². The molecule has 4 nitrogen and oxygen atoms in total. The predicted molar refractivity (Wildman–Crippen MR) is 91.6 cm³/mol. The van der Waals surface area contributed by atoms with Crippen LogP contribution in [-0.4, -0.2) is 36.1 Å². The molecule has 1 heterocycles. The van der Waals surface area contributed by atoms with Crippen LogP contribution in [0.15, 0.2) is 24.3 Å². The summed E-state index contributed by atoms with van der Waals surface area (Å²) >= 11 is 0. The maximum Gasteiger partial charge on any atom is 0.225 e. The molecule has 3 fully saturated rings. The van der Waals surface area contributed by atoms with Crippen LogP contribution in [0.2, 0.25) is 0 Å². The molecule has 1 amide bonds. The third-order valence-electron chi connectivity index (χ3n) is 6.56. The van der Waals surface area contributed by atoms with Gasteiger partial charge in [-0.3, -0.25) is 4.79 Å². The van der Waals surface area contributed by atoms with Crippen molar-refractivity contribution in [2.75, 3.05) is 20.2 Å². The first kappa shape index (κ1) is 15.9. The molecule has 0 radical (unpaired) electrons. The first-order valence-corrected chi connectivity index (χ1v) is 9.27. The summed E-state index contributed by atoms with van der Waals surface area (Å²) in [5, 5.41) is 11.4. The van der Waals surface area contributed by atoms with Crippen molar-refractivity contribution in [1.82, 2.24) is 4.90 Å². The van der Waals surface area contributed by atoms with Crippen LogP contribution in [0, 0.1) is 17.8 Å². The highest BCUT2D eigenvalue weighted by molar-refractivity contribution is 5.79. The summed E-state index contributed by atoms with van der Waals surface area (Å²) in [6, 6.07) is 7.78. The monoisotopic (exact) mass is 329 g/mol. The van der Waals surface area contributed by atoms with Crippen LogP contribution >= 0.6 is 0 Å². The van der Waals surface area contributed by atoms with Crippen molar-refractivity contribution in [2.45, 2.75) is 44.1 Å². The number of ether oxygens (including phenoxy) is 1. The minimum atomic E-state index is -0.804. The zero-order valence-corrected chi connectivity index (χ0v) is 14.4. The van der Waals surface area contributed by atoms with Gasteiger partial charge in [-0.05, 0) is 49.3 Å². The Morgan fingerprint density at radius 2 is 1.88 bits per heavy atom. The van der Waals surface area contributed by atoms with E-state index in [-0.39, 0.29) is 11.8 Å². The average molecular weight is 329 g/mol. The van der Waals surface area contributed by atoms with E-state index < -0.39 is 5.60 Å². The maximum absolute atomic E-state index is 12.7. The standard InChI is InChI=1S/C20H27NO3/c1-24-17-8-6-16(7-9-17)20(23)11-10-15-12-21(13-18(15)20)19(22)14-4-2-3-5-14/h6-9,14-15,18,23H,2-5,10-13H2,1H3/t15-,18+,20+/m1/s1. The van der Waals surface area contributed by atoms with E-state index in [1.807, 2.05) is 29.2 Å². The Morgan fingerprint density at radius 1 is 1.17 bits per heavy atom. The largest absolute Gasteiger partial charge is 0.497 e. The van der Waals surface area contributed by atoms with Crippen LogP contribution in [0.4, 0.5) is 0 Å². The molecular formula is C20H27NO3. The minimum Gasteiger partial charge on any atom is -0.497 e. The third-order valence-corrected chi connectivity index (χ3v) is 6.56. The van der Waals surface area contributed by atoms with E-state index >= 15 is 0 Å². The summed E-state index contributed by atoms with van der Waals surface area (Å²) in [5.41, 5.74) is 0.160. The summed E-state index contributed by atoms with van der Waals surface area (Å²) in [4.78, 5) is 14.8. The zero-order valence-electron chi connectivity index (χ0n) is 14.4. The third kappa shape index (κ3) is 2.52. The second kappa shape index (κ2) is 6.07. The number of benzene rings is 1. The highest BCUT2D eigenvalue weighted by atomic mass is 16.5. The molecule has 0 unspecified atom stereocenters. The Balaban J connectivity index is 1.51. The number of nitrogens with zero attached hydrogens (tertiary/aromatic N) is 1. The number of fused-ring (bicyclic) bond motifs is 1. The highest BCUT2D eigenvalue weighted by Crippen LogP contribution is 2.51. The molecule has 1 N–H and O–H groups in total. The topological polar surface area (TPSA) is 49.8 Å². The number of amides is 1. The van der Waals surface area contributed by atoms with E-state index in [1.54, 1.807) is 7.11 Å². The second-order valence-electron chi connectivity index (χ2n) is 7.78. The molecule has 0 bridgehead atoms. The van der Waals surface area contributed by atoms with Crippen molar-refractivity contribution >= 4 is 5.91 Å². The number of likely N-dealkylation sites (tertiary alicyclic amines) is 1. The lowest BCUT2D eigenvalue weighted by molar-refractivity contribution is -0.135. The molecule has 0 aromatic heterocycles. The van der Waals surface area contributed by atoms with Gasteiger partial charge in [-0.25, -0.2) is 0 Å². The van der Waals surface area contributed by atoms with Crippen LogP contribution < -0.4 is 4.74 Å². The summed E-state index contributed by atoms with van der Waals surface area (Å²) in [5.74, 6) is 1.97. The Bertz CT molecular complexity index is 608. The molecule has 24 heavy (non-hydrogen) atoms. The SMILES string of the molecule is COc1ccc([C@@]2(O)CC[C@@H]3CN(C(=O)C4CCCC4)C[C@@H]32)cc1. The van der Waals surface area contributed by atoms with Crippen molar-refractivity contribution in [1.29, 1.82) is 0 Å². The molecular weight excluding hydrogens is 302 g/mol. The highest BCUT2D eigenvalue weighted by Gasteiger charge is 2.53. The molecule has 1 saturated heterocycles. The van der Waals surface area contributed by atoms with Gasteiger partial charge in [0.05, 0.1) is 12.7 Å². The van der Waals surface area contributed by atoms with Crippen molar-refractivity contribution in [3.8, 4) is 5.75 Å². The number of methoxy groups -OCH3 is 1. The van der Waals surface area contributed by atoms with Gasteiger partial charge < -0.3 is 14.7 Å². The van der Waals surface area contributed by atoms with E-state index in [4.69, 9.17) is 4.74 Å². The molecule has 130 valence electrons. The van der Waals surface area contributed by atoms with Gasteiger partial charge in [-0.15, -0.1) is 0 Å². The van der Waals surface area contributed by atoms with Crippen molar-refractivity contribution in [3.63, 3.8) is 0 Å². The molecule has 1 aliphatic heterocycles. The van der Waals surface area contributed by atoms with Crippen molar-refractivity contribution in [3.05, 3.63) is 29.8 Å². The molecule has 1 aromatic rings. The van der Waals surface area contributed by atoms with Gasteiger partial charge in [0.1, 0.15) is 5.75 Å². The molecule has 3 atom stereocenters. The fraction of sp³-hybridized carbons (Fsp3) is 0.650. The first-order valence-electron chi connectivity index (χ1n) is 9.27. The average Bonchev–Trinajstić information content (AvgIpc) is 3.33. The lowest BCUT2D eigenvalue weighted by Gasteiger charge is -2.31. The lowest BCUT2D eigenvalue weighted by atomic mass is 9.82. The van der Waals surface area contributed by atoms with Crippen LogP contribution in [-0.2, 0) is 10.4 Å². The van der Waals surface area contributed by atoms with E-state index in [0.717, 1.165) is 43.5 Å². The lowest BCUT2D eigenvalue weighted by Crippen LogP contribution is -2.38. The second-order valence-corrected chi connectivity index (χ2v) is 7.78. The molecule has 4 heteroatoms. The van der Waals surface area contributed by atoms with E-state index in [9.17, 15) is 9.90 Å². The quantitative estimate of drug-likeness (QED) is 0.927. The summed E-state index contributed by atoms with van der Waals surface area (Å²) in [7, 11) is 1.65. The number of hydrogen-bond donors (Lipinski definition) is 1. The van der Waals surface area contributed by atoms with Gasteiger partial charge in [0, 0.05) is 24.9 Å². The van der Waals surface area contributed by atoms with Gasteiger partial charge in [0.15, 0.2) is 0 Å². The molecule has 2 aliphatic carbocycles. The van der Waals surface area contributed by atoms with Crippen LogP contribution in [0.25, 0.3) is 0 Å². The Hall–Kier alpha value is -1.55. The van der Waals surface area contributed by atoms with Gasteiger partial charge in [0.25, 0.3) is 0 Å². The summed E-state index contributed by atoms with van der Waals surface area (Å²) in [6.45, 7) is 1.54. The number of rotatable bonds is 3. The Labute approximate surface area is 143 Å². The maximum atomic E-state index is 12.7. The number of carbonyl (C=O) groups is 1. The summed E-state index contributed by atoms with van der Waals surface area (Å²) in [6.07, 6.45) is 6.27. The fourth-order valence-corrected chi connectivity index (χ4v) is 5.14. The van der Waals surface area contributed by atoms with Crippen molar-refractivity contribution < 1.29 is 14.6 Å². The van der Waals surface area contributed by atoms with Gasteiger partial charge in [-0.2, -0.15) is 0 Å². The molecule has 3 aliphatic rings. The fourth-order valence-electron chi connectivity index (χ4n) is 5.14. The number of carbonyl (C=O) groups excluding carboxylic acids is 1. The predicted octanol–water partition coefficient (Wildman–Crippen LogP) is 2.94. The van der Waals surface area contributed by atoms with Gasteiger partial charge >= 0.3 is 0 Å². The van der Waals surface area contributed by atoms with Crippen molar-refractivity contribution in [2.24, 2.45) is 17.8 Å². The summed E-state index contributed by atoms with van der Waals surface area (Å²) < 4.78 is 5.22. The van der Waals surface area contributed by atoms with Gasteiger partial charge in [0.2, 0.25) is 5.91 Å². The molecule has 2 saturated carbocycles. The van der Waals surface area contributed by atoms with Gasteiger partial charge in [-0.1, -0.05) is 25.0 Å². The van der Waals surface area contributed by atoms with E-state index in [2.05, 4.69) is 0 Å². The number of aliphatic hydroxyl groups is 1. The smallest absolute Gasteiger partial charge is 0.225 e. The zero-order chi connectivity index (χ0) is 16.7. The van der Waals surface area contributed by atoms with E-state index in [1.165, 1.54) is 12.8 Å². The van der Waals surface area contributed by atoms with Crippen LogP contribution in [0.3, 0.4) is 0 Å². The Kier molecular flexibility index (Phi) is 4.03.